The van der Waals surface area contributed by atoms with Crippen LogP contribution in [0.2, 0.25) is 0 Å². The second-order valence-electron chi connectivity index (χ2n) is 6.15. The summed E-state index contributed by atoms with van der Waals surface area (Å²) in [7, 11) is 0. The molecule has 0 unspecified atom stereocenters. The van der Waals surface area contributed by atoms with Gasteiger partial charge in [0.2, 0.25) is 0 Å². The highest BCUT2D eigenvalue weighted by molar-refractivity contribution is 9.10. The van der Waals surface area contributed by atoms with Crippen molar-refractivity contribution in [2.75, 3.05) is 11.9 Å². The Labute approximate surface area is 150 Å². The lowest BCUT2D eigenvalue weighted by atomic mass is 10.1. The van der Waals surface area contributed by atoms with E-state index in [4.69, 9.17) is 5.10 Å². The molecule has 0 saturated carbocycles. The van der Waals surface area contributed by atoms with E-state index in [1.165, 1.54) is 24.0 Å². The maximum absolute atomic E-state index is 4.97. The van der Waals surface area contributed by atoms with E-state index in [2.05, 4.69) is 68.2 Å². The number of hydrogen-bond donors (Lipinski definition) is 1. The molecule has 1 aliphatic rings. The van der Waals surface area contributed by atoms with E-state index in [1.807, 2.05) is 6.20 Å². The molecule has 0 spiro atoms. The van der Waals surface area contributed by atoms with Crippen LogP contribution in [0, 0.1) is 6.92 Å². The normalized spacial score (nSPS) is 13.9. The summed E-state index contributed by atoms with van der Waals surface area (Å²) in [5.74, 6) is 1.12. The molecular formula is C19H19BrN4. The average Bonchev–Trinajstić information content (AvgIpc) is 2.77. The van der Waals surface area contributed by atoms with Gasteiger partial charge in [-0.25, -0.2) is 4.68 Å². The molecule has 3 heterocycles. The summed E-state index contributed by atoms with van der Waals surface area (Å²) < 4.78 is 3.03. The van der Waals surface area contributed by atoms with E-state index >= 15 is 0 Å². The summed E-state index contributed by atoms with van der Waals surface area (Å²) in [6, 6.07) is 10.5. The number of rotatable bonds is 2. The molecular weight excluding hydrogens is 364 g/mol. The minimum atomic E-state index is 0.973. The highest BCUT2D eigenvalue weighted by atomic mass is 79.9. The number of pyridine rings is 1. The molecule has 4 nitrogen and oxygen atoms in total. The van der Waals surface area contributed by atoms with Gasteiger partial charge in [0.05, 0.1) is 11.4 Å². The van der Waals surface area contributed by atoms with Crippen molar-refractivity contribution in [3.05, 3.63) is 58.3 Å². The second kappa shape index (κ2) is 6.40. The van der Waals surface area contributed by atoms with Gasteiger partial charge in [0.25, 0.3) is 0 Å². The number of anilines is 1. The minimum absolute atomic E-state index is 0.973. The molecule has 1 aromatic carbocycles. The Morgan fingerprint density at radius 1 is 1.17 bits per heavy atom. The number of para-hydroxylation sites is 1. The third-order valence-electron chi connectivity index (χ3n) is 4.45. The number of aryl methyl sites for hydroxylation is 1. The van der Waals surface area contributed by atoms with Gasteiger partial charge in [0, 0.05) is 34.5 Å². The molecule has 0 fully saturated rings. The molecule has 1 aliphatic heterocycles. The van der Waals surface area contributed by atoms with Crippen LogP contribution in [0.3, 0.4) is 0 Å². The van der Waals surface area contributed by atoms with Gasteiger partial charge in [-0.2, -0.15) is 5.10 Å². The Kier molecular flexibility index (Phi) is 4.10. The quantitative estimate of drug-likeness (QED) is 0.694. The summed E-state index contributed by atoms with van der Waals surface area (Å²) in [6.45, 7) is 3.11. The standard InChI is InChI=1S/C19H19BrN4/c1-13-6-2-3-8-17(13)24-19-16(7-4-5-9-22-19)18(23-24)14-10-15(20)12-21-11-14/h2-3,6,8,10-12,22H,4-5,7,9H2,1H3. The highest BCUT2D eigenvalue weighted by Gasteiger charge is 2.22. The first-order valence-electron chi connectivity index (χ1n) is 8.27. The Hall–Kier alpha value is -2.14. The lowest BCUT2D eigenvalue weighted by Crippen LogP contribution is -2.08. The molecule has 3 aromatic rings. The molecule has 0 radical (unpaired) electrons. The van der Waals surface area contributed by atoms with E-state index in [-0.39, 0.29) is 0 Å². The van der Waals surface area contributed by atoms with Crippen LogP contribution in [0.5, 0.6) is 0 Å². The molecule has 24 heavy (non-hydrogen) atoms. The predicted molar refractivity (Wildman–Crippen MR) is 101 cm³/mol. The maximum atomic E-state index is 4.97. The van der Waals surface area contributed by atoms with Gasteiger partial charge in [-0.3, -0.25) is 4.98 Å². The first-order chi connectivity index (χ1) is 11.7. The number of benzene rings is 1. The molecule has 1 N–H and O–H groups in total. The maximum Gasteiger partial charge on any atom is 0.133 e. The van der Waals surface area contributed by atoms with Crippen LogP contribution in [0.1, 0.15) is 24.0 Å². The van der Waals surface area contributed by atoms with Gasteiger partial charge in [-0.05, 0) is 59.8 Å². The molecule has 0 saturated heterocycles. The van der Waals surface area contributed by atoms with Crippen LogP contribution >= 0.6 is 15.9 Å². The number of fused-ring (bicyclic) bond motifs is 1. The minimum Gasteiger partial charge on any atom is -0.370 e. The largest absolute Gasteiger partial charge is 0.370 e. The zero-order chi connectivity index (χ0) is 16.5. The molecule has 0 amide bonds. The van der Waals surface area contributed by atoms with Gasteiger partial charge >= 0.3 is 0 Å². The smallest absolute Gasteiger partial charge is 0.133 e. The van der Waals surface area contributed by atoms with E-state index in [0.29, 0.717) is 0 Å². The number of nitrogens with zero attached hydrogens (tertiary/aromatic N) is 3. The van der Waals surface area contributed by atoms with Crippen LogP contribution < -0.4 is 5.32 Å². The van der Waals surface area contributed by atoms with Crippen molar-refractivity contribution in [2.24, 2.45) is 0 Å². The fourth-order valence-corrected chi connectivity index (χ4v) is 3.62. The molecule has 5 heteroatoms. The Bertz CT molecular complexity index is 885. The van der Waals surface area contributed by atoms with Crippen LogP contribution in [-0.4, -0.2) is 21.3 Å². The monoisotopic (exact) mass is 382 g/mol. The first-order valence-corrected chi connectivity index (χ1v) is 9.06. The summed E-state index contributed by atoms with van der Waals surface area (Å²) in [5, 5.41) is 8.56. The van der Waals surface area contributed by atoms with E-state index in [9.17, 15) is 0 Å². The fourth-order valence-electron chi connectivity index (χ4n) is 3.25. The van der Waals surface area contributed by atoms with Crippen molar-refractivity contribution in [1.29, 1.82) is 0 Å². The number of hydrogen-bond acceptors (Lipinski definition) is 3. The molecule has 0 bridgehead atoms. The number of aromatic nitrogens is 3. The summed E-state index contributed by atoms with van der Waals surface area (Å²) in [4.78, 5) is 4.32. The number of halogens is 1. The Balaban J connectivity index is 1.94. The lowest BCUT2D eigenvalue weighted by Gasteiger charge is -2.11. The third kappa shape index (κ3) is 2.73. The van der Waals surface area contributed by atoms with Crippen molar-refractivity contribution in [3.63, 3.8) is 0 Å². The van der Waals surface area contributed by atoms with Crippen molar-refractivity contribution in [1.82, 2.24) is 14.8 Å². The molecule has 122 valence electrons. The topological polar surface area (TPSA) is 42.7 Å². The van der Waals surface area contributed by atoms with Crippen molar-refractivity contribution < 1.29 is 0 Å². The SMILES string of the molecule is Cc1ccccc1-n1nc(-c2cncc(Br)c2)c2c1NCCCC2. The zero-order valence-corrected chi connectivity index (χ0v) is 15.2. The third-order valence-corrected chi connectivity index (χ3v) is 4.89. The summed E-state index contributed by atoms with van der Waals surface area (Å²) >= 11 is 3.52. The molecule has 0 aliphatic carbocycles. The van der Waals surface area contributed by atoms with Gasteiger partial charge < -0.3 is 5.32 Å². The van der Waals surface area contributed by atoms with Gasteiger partial charge in [-0.1, -0.05) is 18.2 Å². The zero-order valence-electron chi connectivity index (χ0n) is 13.6. The highest BCUT2D eigenvalue weighted by Crippen LogP contribution is 2.34. The lowest BCUT2D eigenvalue weighted by molar-refractivity contribution is 0.779. The van der Waals surface area contributed by atoms with Gasteiger partial charge in [0.1, 0.15) is 5.82 Å². The Morgan fingerprint density at radius 2 is 2.04 bits per heavy atom. The van der Waals surface area contributed by atoms with Gasteiger partial charge in [0.15, 0.2) is 0 Å². The second-order valence-corrected chi connectivity index (χ2v) is 7.07. The summed E-state index contributed by atoms with van der Waals surface area (Å²) in [6.07, 6.45) is 7.09. The van der Waals surface area contributed by atoms with Crippen LogP contribution in [0.25, 0.3) is 16.9 Å². The number of nitrogens with one attached hydrogen (secondary N) is 1. The first kappa shape index (κ1) is 15.4. The van der Waals surface area contributed by atoms with Crippen LogP contribution in [0.4, 0.5) is 5.82 Å². The molecule has 2 aromatic heterocycles. The fraction of sp³-hybridized carbons (Fsp3) is 0.263. The van der Waals surface area contributed by atoms with Crippen LogP contribution in [-0.2, 0) is 6.42 Å². The van der Waals surface area contributed by atoms with E-state index in [1.54, 1.807) is 6.20 Å². The average molecular weight is 383 g/mol. The Morgan fingerprint density at radius 3 is 2.88 bits per heavy atom. The summed E-state index contributed by atoms with van der Waals surface area (Å²) in [5.41, 5.74) is 5.70. The van der Waals surface area contributed by atoms with Crippen LogP contribution in [0.15, 0.2) is 47.2 Å². The van der Waals surface area contributed by atoms with Crippen molar-refractivity contribution in [2.45, 2.75) is 26.2 Å². The van der Waals surface area contributed by atoms with E-state index in [0.717, 1.165) is 40.2 Å². The van der Waals surface area contributed by atoms with Crippen molar-refractivity contribution in [3.8, 4) is 16.9 Å². The van der Waals surface area contributed by atoms with Gasteiger partial charge in [-0.15, -0.1) is 0 Å². The molecule has 0 atom stereocenters. The molecule has 4 rings (SSSR count). The predicted octanol–water partition coefficient (Wildman–Crippen LogP) is 4.75. The van der Waals surface area contributed by atoms with Crippen molar-refractivity contribution >= 4 is 21.7 Å². The van der Waals surface area contributed by atoms with E-state index < -0.39 is 0 Å².